The number of carbonyl (C=O) groups excluding carboxylic acids is 1. The number of fused-ring (bicyclic) bond motifs is 1. The number of likely N-dealkylation sites (tertiary alicyclic amines) is 1. The molecule has 2 aromatic rings. The van der Waals surface area contributed by atoms with E-state index in [4.69, 9.17) is 5.73 Å². The average Bonchev–Trinajstić information content (AvgIpc) is 3.06. The van der Waals surface area contributed by atoms with Gasteiger partial charge in [-0.05, 0) is 38.3 Å². The van der Waals surface area contributed by atoms with Crippen LogP contribution in [0, 0.1) is 12.7 Å². The van der Waals surface area contributed by atoms with E-state index in [1.165, 1.54) is 6.07 Å². The Hall–Kier alpha value is -2.11. The molecule has 1 aliphatic rings. The SMILES string of the molecule is Cc1cc2c(cc1F)nc(N)n2C(C)C(=O)N1CCCC1. The maximum Gasteiger partial charge on any atom is 0.245 e. The summed E-state index contributed by atoms with van der Waals surface area (Å²) in [6.07, 6.45) is 2.09. The van der Waals surface area contributed by atoms with Gasteiger partial charge >= 0.3 is 0 Å². The van der Waals surface area contributed by atoms with Crippen LogP contribution in [0.25, 0.3) is 11.0 Å². The van der Waals surface area contributed by atoms with Gasteiger partial charge < -0.3 is 10.6 Å². The van der Waals surface area contributed by atoms with Crippen molar-refractivity contribution in [2.75, 3.05) is 18.8 Å². The Morgan fingerprint density at radius 1 is 1.38 bits per heavy atom. The predicted octanol–water partition coefficient (Wildman–Crippen LogP) is 2.25. The van der Waals surface area contributed by atoms with Crippen LogP contribution in [0.15, 0.2) is 12.1 Å². The molecule has 112 valence electrons. The number of benzene rings is 1. The summed E-state index contributed by atoms with van der Waals surface area (Å²) in [4.78, 5) is 18.6. The molecule has 2 heterocycles. The molecule has 5 nitrogen and oxygen atoms in total. The van der Waals surface area contributed by atoms with Gasteiger partial charge in [-0.3, -0.25) is 9.36 Å². The lowest BCUT2D eigenvalue weighted by molar-refractivity contribution is -0.133. The molecular formula is C15H19FN4O. The van der Waals surface area contributed by atoms with Crippen molar-refractivity contribution in [2.45, 2.75) is 32.7 Å². The van der Waals surface area contributed by atoms with Gasteiger partial charge in [0.1, 0.15) is 11.9 Å². The van der Waals surface area contributed by atoms with Gasteiger partial charge in [0.2, 0.25) is 11.9 Å². The Balaban J connectivity index is 2.04. The van der Waals surface area contributed by atoms with Crippen LogP contribution in [0.1, 0.15) is 31.4 Å². The number of hydrogen-bond acceptors (Lipinski definition) is 3. The number of carbonyl (C=O) groups is 1. The second-order valence-electron chi connectivity index (χ2n) is 5.64. The Labute approximate surface area is 122 Å². The van der Waals surface area contributed by atoms with E-state index in [2.05, 4.69) is 4.98 Å². The maximum atomic E-state index is 13.6. The molecule has 0 spiro atoms. The highest BCUT2D eigenvalue weighted by Crippen LogP contribution is 2.27. The molecule has 1 aliphatic heterocycles. The van der Waals surface area contributed by atoms with E-state index < -0.39 is 6.04 Å². The molecule has 1 aromatic heterocycles. The number of nitrogens with zero attached hydrogens (tertiary/aromatic N) is 3. The summed E-state index contributed by atoms with van der Waals surface area (Å²) < 4.78 is 15.3. The third-order valence-corrected chi connectivity index (χ3v) is 4.16. The first-order valence-corrected chi connectivity index (χ1v) is 7.21. The fourth-order valence-corrected chi connectivity index (χ4v) is 2.96. The number of nitrogens with two attached hydrogens (primary N) is 1. The molecule has 1 saturated heterocycles. The van der Waals surface area contributed by atoms with Gasteiger partial charge in [-0.25, -0.2) is 9.37 Å². The lowest BCUT2D eigenvalue weighted by Crippen LogP contribution is -2.34. The van der Waals surface area contributed by atoms with Gasteiger partial charge in [-0.2, -0.15) is 0 Å². The smallest absolute Gasteiger partial charge is 0.245 e. The van der Waals surface area contributed by atoms with Crippen LogP contribution >= 0.6 is 0 Å². The minimum Gasteiger partial charge on any atom is -0.369 e. The van der Waals surface area contributed by atoms with Gasteiger partial charge in [-0.1, -0.05) is 0 Å². The molecule has 6 heteroatoms. The molecule has 0 bridgehead atoms. The van der Waals surface area contributed by atoms with Crippen molar-refractivity contribution in [3.63, 3.8) is 0 Å². The normalized spacial score (nSPS) is 16.6. The van der Waals surface area contributed by atoms with E-state index in [9.17, 15) is 9.18 Å². The van der Waals surface area contributed by atoms with Crippen LogP contribution in [-0.2, 0) is 4.79 Å². The maximum absolute atomic E-state index is 13.6. The van der Waals surface area contributed by atoms with E-state index in [0.717, 1.165) is 25.9 Å². The van der Waals surface area contributed by atoms with Crippen LogP contribution in [0.5, 0.6) is 0 Å². The van der Waals surface area contributed by atoms with E-state index in [-0.39, 0.29) is 17.7 Å². The number of rotatable bonds is 2. The largest absolute Gasteiger partial charge is 0.369 e. The minimum atomic E-state index is -0.432. The molecule has 21 heavy (non-hydrogen) atoms. The van der Waals surface area contributed by atoms with Crippen molar-refractivity contribution in [3.8, 4) is 0 Å². The molecule has 2 N–H and O–H groups in total. The van der Waals surface area contributed by atoms with Crippen molar-refractivity contribution in [3.05, 3.63) is 23.5 Å². The first-order valence-electron chi connectivity index (χ1n) is 7.21. The second kappa shape index (κ2) is 5.02. The van der Waals surface area contributed by atoms with Crippen molar-refractivity contribution >= 4 is 22.9 Å². The van der Waals surface area contributed by atoms with Gasteiger partial charge in [0.05, 0.1) is 11.0 Å². The first kappa shape index (κ1) is 13.9. The van der Waals surface area contributed by atoms with Crippen molar-refractivity contribution in [1.29, 1.82) is 0 Å². The molecule has 0 saturated carbocycles. The second-order valence-corrected chi connectivity index (χ2v) is 5.64. The highest BCUT2D eigenvalue weighted by atomic mass is 19.1. The summed E-state index contributed by atoms with van der Waals surface area (Å²) in [6.45, 7) is 5.10. The molecule has 0 aliphatic carbocycles. The van der Waals surface area contributed by atoms with Crippen molar-refractivity contribution in [2.24, 2.45) is 0 Å². The van der Waals surface area contributed by atoms with Crippen molar-refractivity contribution in [1.82, 2.24) is 14.5 Å². The van der Waals surface area contributed by atoms with E-state index in [0.29, 0.717) is 16.6 Å². The number of hydrogen-bond donors (Lipinski definition) is 1. The molecular weight excluding hydrogens is 271 g/mol. The lowest BCUT2D eigenvalue weighted by atomic mass is 10.2. The van der Waals surface area contributed by atoms with Crippen LogP contribution in [0.4, 0.5) is 10.3 Å². The zero-order valence-electron chi connectivity index (χ0n) is 12.3. The first-order chi connectivity index (χ1) is 9.99. The third-order valence-electron chi connectivity index (χ3n) is 4.16. The fraction of sp³-hybridized carbons (Fsp3) is 0.467. The highest BCUT2D eigenvalue weighted by molar-refractivity contribution is 5.86. The Kier molecular flexibility index (Phi) is 3.31. The Morgan fingerprint density at radius 2 is 2.05 bits per heavy atom. The monoisotopic (exact) mass is 290 g/mol. The number of nitrogen functional groups attached to an aromatic ring is 1. The third kappa shape index (κ3) is 2.24. The number of amides is 1. The number of aryl methyl sites for hydroxylation is 1. The van der Waals surface area contributed by atoms with E-state index in [1.54, 1.807) is 17.6 Å². The number of halogens is 1. The minimum absolute atomic E-state index is 0.0421. The molecule has 1 amide bonds. The van der Waals surface area contributed by atoms with E-state index >= 15 is 0 Å². The topological polar surface area (TPSA) is 64.1 Å². The van der Waals surface area contributed by atoms with Gasteiger partial charge in [0.15, 0.2) is 0 Å². The summed E-state index contributed by atoms with van der Waals surface area (Å²) in [5.74, 6) is -0.0267. The Morgan fingerprint density at radius 3 is 2.71 bits per heavy atom. The quantitative estimate of drug-likeness (QED) is 0.922. The molecule has 1 fully saturated rings. The molecule has 1 atom stereocenters. The van der Waals surface area contributed by atoms with Gasteiger partial charge in [0, 0.05) is 19.2 Å². The number of imidazole rings is 1. The summed E-state index contributed by atoms with van der Waals surface area (Å²) in [6, 6.07) is 2.63. The molecule has 0 radical (unpaired) electrons. The zero-order chi connectivity index (χ0) is 15.1. The van der Waals surface area contributed by atoms with Crippen LogP contribution in [0.2, 0.25) is 0 Å². The van der Waals surface area contributed by atoms with Crippen LogP contribution in [-0.4, -0.2) is 33.4 Å². The average molecular weight is 290 g/mol. The summed E-state index contributed by atoms with van der Waals surface area (Å²) >= 11 is 0. The fourth-order valence-electron chi connectivity index (χ4n) is 2.96. The van der Waals surface area contributed by atoms with E-state index in [1.807, 2.05) is 11.8 Å². The summed E-state index contributed by atoms with van der Waals surface area (Å²) in [7, 11) is 0. The molecule has 1 aromatic carbocycles. The molecule has 1 unspecified atom stereocenters. The predicted molar refractivity (Wildman–Crippen MR) is 79.4 cm³/mol. The number of anilines is 1. The zero-order valence-corrected chi connectivity index (χ0v) is 12.3. The summed E-state index contributed by atoms with van der Waals surface area (Å²) in [5.41, 5.74) is 7.65. The van der Waals surface area contributed by atoms with Gasteiger partial charge in [0.25, 0.3) is 0 Å². The lowest BCUT2D eigenvalue weighted by Gasteiger charge is -2.22. The van der Waals surface area contributed by atoms with Crippen LogP contribution in [0.3, 0.4) is 0 Å². The van der Waals surface area contributed by atoms with Gasteiger partial charge in [-0.15, -0.1) is 0 Å². The Bertz CT molecular complexity index is 703. The number of aromatic nitrogens is 2. The van der Waals surface area contributed by atoms with Crippen molar-refractivity contribution < 1.29 is 9.18 Å². The van der Waals surface area contributed by atoms with Crippen LogP contribution < -0.4 is 5.73 Å². The standard InChI is InChI=1S/C15H19FN4O/c1-9-7-13-12(8-11(9)16)18-15(17)20(13)10(2)14(21)19-5-3-4-6-19/h7-8,10H,3-6H2,1-2H3,(H2,17,18). The summed E-state index contributed by atoms with van der Waals surface area (Å²) in [5, 5.41) is 0. The highest BCUT2D eigenvalue weighted by Gasteiger charge is 2.27. The molecule has 3 rings (SSSR count).